The summed E-state index contributed by atoms with van der Waals surface area (Å²) in [5, 5.41) is 3.17. The maximum atomic E-state index is 12.6. The lowest BCUT2D eigenvalue weighted by molar-refractivity contribution is -0.138. The summed E-state index contributed by atoms with van der Waals surface area (Å²) in [7, 11) is 0. The third-order valence-electron chi connectivity index (χ3n) is 4.77. The molecule has 2 aromatic rings. The molecule has 4 rings (SSSR count). The van der Waals surface area contributed by atoms with Crippen LogP contribution >= 0.6 is 0 Å². The molecule has 1 amide bonds. The number of amides is 1. The summed E-state index contributed by atoms with van der Waals surface area (Å²) in [6, 6.07) is 15.5. The lowest BCUT2D eigenvalue weighted by Gasteiger charge is -2.17. The van der Waals surface area contributed by atoms with E-state index in [1.54, 1.807) is 0 Å². The Hall–Kier alpha value is -2.82. The molecule has 0 radical (unpaired) electrons. The molecule has 0 saturated carbocycles. The predicted octanol–water partition coefficient (Wildman–Crippen LogP) is 2.55. The average molecular weight is 336 g/mol. The standard InChI is InChI=1S/C20H20N2O3/c23-19(22-11-9-15-3-1-2-4-18(15)22)13-14-5-7-16(8-6-14)21-17-10-12-25-20(17)24/h1-8,17,21H,9-13H2. The zero-order valence-corrected chi connectivity index (χ0v) is 13.9. The van der Waals surface area contributed by atoms with E-state index < -0.39 is 0 Å². The number of rotatable bonds is 4. The second kappa shape index (κ2) is 6.59. The molecule has 1 N–H and O–H groups in total. The van der Waals surface area contributed by atoms with E-state index in [0.717, 1.165) is 29.9 Å². The molecule has 128 valence electrons. The summed E-state index contributed by atoms with van der Waals surface area (Å²) in [6.45, 7) is 1.22. The van der Waals surface area contributed by atoms with Gasteiger partial charge < -0.3 is 15.0 Å². The number of carbonyl (C=O) groups is 2. The van der Waals surface area contributed by atoms with Crippen molar-refractivity contribution in [1.29, 1.82) is 0 Å². The molecule has 1 saturated heterocycles. The molecule has 2 aliphatic heterocycles. The van der Waals surface area contributed by atoms with Gasteiger partial charge >= 0.3 is 5.97 Å². The summed E-state index contributed by atoms with van der Waals surface area (Å²) >= 11 is 0. The Balaban J connectivity index is 1.40. The number of ether oxygens (including phenoxy) is 1. The fourth-order valence-electron chi connectivity index (χ4n) is 3.41. The van der Waals surface area contributed by atoms with Crippen molar-refractivity contribution in [2.75, 3.05) is 23.4 Å². The Labute approximate surface area is 146 Å². The van der Waals surface area contributed by atoms with E-state index in [0.29, 0.717) is 19.4 Å². The maximum absolute atomic E-state index is 12.6. The van der Waals surface area contributed by atoms with Crippen LogP contribution in [0.5, 0.6) is 0 Å². The smallest absolute Gasteiger partial charge is 0.328 e. The van der Waals surface area contributed by atoms with Gasteiger partial charge in [0.1, 0.15) is 6.04 Å². The number of esters is 1. The second-order valence-electron chi connectivity index (χ2n) is 6.45. The first-order chi connectivity index (χ1) is 12.2. The van der Waals surface area contributed by atoms with Gasteiger partial charge in [0.2, 0.25) is 5.91 Å². The molecule has 2 aromatic carbocycles. The first-order valence-electron chi connectivity index (χ1n) is 8.61. The molecule has 2 heterocycles. The van der Waals surface area contributed by atoms with Gasteiger partial charge in [-0.1, -0.05) is 30.3 Å². The SMILES string of the molecule is O=C1OCCC1Nc1ccc(CC(=O)N2CCc3ccccc32)cc1. The number of carbonyl (C=O) groups excluding carboxylic acids is 2. The van der Waals surface area contributed by atoms with E-state index in [4.69, 9.17) is 4.74 Å². The molecule has 0 bridgehead atoms. The fraction of sp³-hybridized carbons (Fsp3) is 0.300. The topological polar surface area (TPSA) is 58.6 Å². The zero-order chi connectivity index (χ0) is 17.2. The van der Waals surface area contributed by atoms with Crippen LogP contribution in [0.2, 0.25) is 0 Å². The van der Waals surface area contributed by atoms with Gasteiger partial charge in [-0.25, -0.2) is 4.79 Å². The summed E-state index contributed by atoms with van der Waals surface area (Å²) < 4.78 is 4.95. The Morgan fingerprint density at radius 3 is 2.72 bits per heavy atom. The number of nitrogens with one attached hydrogen (secondary N) is 1. The first-order valence-corrected chi connectivity index (χ1v) is 8.61. The van der Waals surface area contributed by atoms with E-state index in [2.05, 4.69) is 11.4 Å². The van der Waals surface area contributed by atoms with E-state index >= 15 is 0 Å². The zero-order valence-electron chi connectivity index (χ0n) is 13.9. The third kappa shape index (κ3) is 3.22. The molecule has 0 aliphatic carbocycles. The van der Waals surface area contributed by atoms with Crippen LogP contribution < -0.4 is 10.2 Å². The summed E-state index contributed by atoms with van der Waals surface area (Å²) in [5.74, 6) is -0.0861. The number of anilines is 2. The fourth-order valence-corrected chi connectivity index (χ4v) is 3.41. The van der Waals surface area contributed by atoms with Crippen LogP contribution in [0.1, 0.15) is 17.5 Å². The van der Waals surface area contributed by atoms with Gasteiger partial charge in [0.15, 0.2) is 0 Å². The Kier molecular flexibility index (Phi) is 4.14. The van der Waals surface area contributed by atoms with Crippen molar-refractivity contribution >= 4 is 23.3 Å². The first kappa shape index (κ1) is 15.7. The number of cyclic esters (lactones) is 1. The number of fused-ring (bicyclic) bond motifs is 1. The highest BCUT2D eigenvalue weighted by molar-refractivity contribution is 5.96. The predicted molar refractivity (Wildman–Crippen MR) is 95.6 cm³/mol. The van der Waals surface area contributed by atoms with Crippen molar-refractivity contribution in [1.82, 2.24) is 0 Å². The van der Waals surface area contributed by atoms with Crippen molar-refractivity contribution in [3.8, 4) is 0 Å². The molecule has 0 spiro atoms. The largest absolute Gasteiger partial charge is 0.464 e. The van der Waals surface area contributed by atoms with Gasteiger partial charge in [0, 0.05) is 24.3 Å². The van der Waals surface area contributed by atoms with E-state index in [9.17, 15) is 9.59 Å². The van der Waals surface area contributed by atoms with Gasteiger partial charge in [0.05, 0.1) is 13.0 Å². The molecule has 1 atom stereocenters. The maximum Gasteiger partial charge on any atom is 0.328 e. The monoisotopic (exact) mass is 336 g/mol. The van der Waals surface area contributed by atoms with Crippen LogP contribution in [0.3, 0.4) is 0 Å². The third-order valence-corrected chi connectivity index (χ3v) is 4.77. The van der Waals surface area contributed by atoms with Crippen LogP contribution in [-0.2, 0) is 27.2 Å². The van der Waals surface area contributed by atoms with Crippen LogP contribution in [-0.4, -0.2) is 31.1 Å². The molecule has 25 heavy (non-hydrogen) atoms. The van der Waals surface area contributed by atoms with Crippen LogP contribution in [0.25, 0.3) is 0 Å². The highest BCUT2D eigenvalue weighted by Gasteiger charge is 2.26. The number of para-hydroxylation sites is 1. The van der Waals surface area contributed by atoms with Gasteiger partial charge in [-0.05, 0) is 35.7 Å². The number of nitrogens with zero attached hydrogens (tertiary/aromatic N) is 1. The minimum Gasteiger partial charge on any atom is -0.464 e. The highest BCUT2D eigenvalue weighted by atomic mass is 16.5. The van der Waals surface area contributed by atoms with Crippen molar-refractivity contribution < 1.29 is 14.3 Å². The average Bonchev–Trinajstić information content (AvgIpc) is 3.23. The van der Waals surface area contributed by atoms with Gasteiger partial charge in [0.25, 0.3) is 0 Å². The summed E-state index contributed by atoms with van der Waals surface area (Å²) in [4.78, 5) is 26.0. The van der Waals surface area contributed by atoms with Gasteiger partial charge in [-0.15, -0.1) is 0 Å². The quantitative estimate of drug-likeness (QED) is 0.872. The van der Waals surface area contributed by atoms with Gasteiger partial charge in [-0.2, -0.15) is 0 Å². The van der Waals surface area contributed by atoms with Crippen molar-refractivity contribution in [3.05, 3.63) is 59.7 Å². The molecule has 5 nitrogen and oxygen atoms in total. The normalized spacial score (nSPS) is 18.8. The van der Waals surface area contributed by atoms with E-state index in [-0.39, 0.29) is 17.9 Å². The number of benzene rings is 2. The summed E-state index contributed by atoms with van der Waals surface area (Å²) in [5.41, 5.74) is 4.10. The molecular formula is C20H20N2O3. The number of hydrogen-bond acceptors (Lipinski definition) is 4. The molecule has 0 aromatic heterocycles. The second-order valence-corrected chi connectivity index (χ2v) is 6.45. The molecule has 5 heteroatoms. The van der Waals surface area contributed by atoms with Crippen molar-refractivity contribution in [3.63, 3.8) is 0 Å². The minimum absolute atomic E-state index is 0.116. The molecule has 2 aliphatic rings. The van der Waals surface area contributed by atoms with Crippen molar-refractivity contribution in [2.24, 2.45) is 0 Å². The van der Waals surface area contributed by atoms with E-state index in [1.807, 2.05) is 47.4 Å². The Morgan fingerprint density at radius 2 is 1.96 bits per heavy atom. The molecule has 1 fully saturated rings. The highest BCUT2D eigenvalue weighted by Crippen LogP contribution is 2.28. The summed E-state index contributed by atoms with van der Waals surface area (Å²) in [6.07, 6.45) is 1.98. The van der Waals surface area contributed by atoms with Crippen molar-refractivity contribution in [2.45, 2.75) is 25.3 Å². The number of hydrogen-bond donors (Lipinski definition) is 1. The van der Waals surface area contributed by atoms with Crippen LogP contribution in [0.4, 0.5) is 11.4 Å². The van der Waals surface area contributed by atoms with Crippen LogP contribution in [0.15, 0.2) is 48.5 Å². The van der Waals surface area contributed by atoms with Crippen LogP contribution in [0, 0.1) is 0 Å². The molecule has 1 unspecified atom stereocenters. The van der Waals surface area contributed by atoms with E-state index in [1.165, 1.54) is 5.56 Å². The Bertz CT molecular complexity index is 801. The Morgan fingerprint density at radius 1 is 1.16 bits per heavy atom. The van der Waals surface area contributed by atoms with Gasteiger partial charge in [-0.3, -0.25) is 4.79 Å². The molecular weight excluding hydrogens is 316 g/mol. The lowest BCUT2D eigenvalue weighted by atomic mass is 10.1. The minimum atomic E-state index is -0.270. The lowest BCUT2D eigenvalue weighted by Crippen LogP contribution is -2.30.